The molecule has 1 amide bonds. The van der Waals surface area contributed by atoms with Crippen LogP contribution in [0.5, 0.6) is 11.8 Å². The summed E-state index contributed by atoms with van der Waals surface area (Å²) in [5.74, 6) is -0.262. The number of anilines is 1. The Kier molecular flexibility index (Phi) is 10.5. The standard InChI is InChI=1S/C40H40F6N6O4/c1-4-27-30(42)9-8-23-16-26(53)17-28(32(23)27)34-33(43)35-29(19-47-34)36(48-21-38(12-6-7-13-38)51(3)31(54)5-2)50-37(49-35)56-22-39(40(44,45)46)18-24(41)20-52(39)25-10-14-55-15-11-25/h1,5,8-9,16-17,19,24-25,53H,2,6-7,10-15,18,20-22H2,3H3,(H,48,49,50)/t24-,39+/m1/s1. The summed E-state index contributed by atoms with van der Waals surface area (Å²) < 4.78 is 104. The first kappa shape index (κ1) is 39.1. The van der Waals surface area contributed by atoms with Gasteiger partial charge in [-0.2, -0.15) is 23.1 Å². The van der Waals surface area contributed by atoms with Crippen LogP contribution in [0.15, 0.2) is 43.1 Å². The van der Waals surface area contributed by atoms with Crippen LogP contribution >= 0.6 is 0 Å². The second-order valence-electron chi connectivity index (χ2n) is 14.7. The summed E-state index contributed by atoms with van der Waals surface area (Å²) in [6, 6.07) is 3.71. The number of aromatic hydroxyl groups is 1. The Bertz CT molecular complexity index is 2220. The molecule has 2 aromatic carbocycles. The molecule has 2 atom stereocenters. The van der Waals surface area contributed by atoms with Crippen molar-refractivity contribution in [2.45, 2.75) is 74.4 Å². The molecular weight excluding hydrogens is 742 g/mol. The van der Waals surface area contributed by atoms with Crippen LogP contribution in [-0.2, 0) is 9.53 Å². The van der Waals surface area contributed by atoms with Crippen molar-refractivity contribution in [2.75, 3.05) is 45.3 Å². The number of hydrogen-bond acceptors (Lipinski definition) is 9. The number of hydrogen-bond donors (Lipinski definition) is 2. The molecule has 16 heteroatoms. The zero-order valence-electron chi connectivity index (χ0n) is 30.6. The summed E-state index contributed by atoms with van der Waals surface area (Å²) in [6.07, 6.45) is 3.84. The van der Waals surface area contributed by atoms with Crippen LogP contribution in [0.3, 0.4) is 0 Å². The SMILES string of the molecule is C#Cc1c(F)ccc2cc(O)cc(-c3ncc4c(NCC5(N(C)C(=O)C=C)CCCC5)nc(OC[C@]5(C(F)(F)F)C[C@@H](F)CN5C5CCOCC5)nc4c3F)c12. The van der Waals surface area contributed by atoms with Gasteiger partial charge in [-0.1, -0.05) is 31.4 Å². The Morgan fingerprint density at radius 3 is 2.62 bits per heavy atom. The molecule has 2 aliphatic heterocycles. The maximum Gasteiger partial charge on any atom is 0.410 e. The molecule has 2 aromatic heterocycles. The van der Waals surface area contributed by atoms with Gasteiger partial charge < -0.3 is 24.8 Å². The van der Waals surface area contributed by atoms with Gasteiger partial charge in [-0.25, -0.2) is 13.2 Å². The van der Waals surface area contributed by atoms with Crippen molar-refractivity contribution in [1.29, 1.82) is 0 Å². The molecule has 10 nitrogen and oxygen atoms in total. The highest BCUT2D eigenvalue weighted by atomic mass is 19.4. The third kappa shape index (κ3) is 6.85. The topological polar surface area (TPSA) is 113 Å². The number of likely N-dealkylation sites (N-methyl/N-ethyl adjacent to an activating group) is 1. The highest BCUT2D eigenvalue weighted by Gasteiger charge is 2.65. The second kappa shape index (κ2) is 15.1. The summed E-state index contributed by atoms with van der Waals surface area (Å²) in [5, 5.41) is 14.1. The fourth-order valence-corrected chi connectivity index (χ4v) is 8.58. The third-order valence-corrected chi connectivity index (χ3v) is 11.6. The van der Waals surface area contributed by atoms with Crippen LogP contribution < -0.4 is 10.1 Å². The first-order valence-corrected chi connectivity index (χ1v) is 18.3. The lowest BCUT2D eigenvalue weighted by atomic mass is 9.93. The van der Waals surface area contributed by atoms with E-state index in [2.05, 4.69) is 32.8 Å². The zero-order valence-corrected chi connectivity index (χ0v) is 30.6. The molecule has 0 unspecified atom stereocenters. The summed E-state index contributed by atoms with van der Waals surface area (Å²) in [4.78, 5) is 28.4. The van der Waals surface area contributed by atoms with Crippen molar-refractivity contribution in [1.82, 2.24) is 24.8 Å². The van der Waals surface area contributed by atoms with E-state index in [9.17, 15) is 14.3 Å². The third-order valence-electron chi connectivity index (χ3n) is 11.6. The number of rotatable bonds is 10. The number of alkyl halides is 4. The number of carbonyl (C=O) groups is 1. The van der Waals surface area contributed by atoms with E-state index < -0.39 is 77.9 Å². The smallest absolute Gasteiger partial charge is 0.410 e. The number of carbonyl (C=O) groups excluding carboxylic acids is 1. The minimum atomic E-state index is -4.94. The molecule has 296 valence electrons. The first-order valence-electron chi connectivity index (χ1n) is 18.3. The predicted octanol–water partition coefficient (Wildman–Crippen LogP) is 7.08. The molecular formula is C40H40F6N6O4. The summed E-state index contributed by atoms with van der Waals surface area (Å²) in [7, 11) is 1.64. The fraction of sp³-hybridized carbons (Fsp3) is 0.450. The largest absolute Gasteiger partial charge is 0.508 e. The van der Waals surface area contributed by atoms with E-state index in [1.807, 2.05) is 0 Å². The van der Waals surface area contributed by atoms with Gasteiger partial charge in [-0.15, -0.1) is 6.42 Å². The molecule has 4 heterocycles. The van der Waals surface area contributed by atoms with Gasteiger partial charge in [0.1, 0.15) is 41.4 Å². The zero-order chi connectivity index (χ0) is 40.0. The number of nitrogens with one attached hydrogen (secondary N) is 1. The van der Waals surface area contributed by atoms with Gasteiger partial charge in [0.05, 0.1) is 16.5 Å². The van der Waals surface area contributed by atoms with Gasteiger partial charge >= 0.3 is 12.2 Å². The maximum absolute atomic E-state index is 17.0. The highest BCUT2D eigenvalue weighted by Crippen LogP contribution is 2.47. The molecule has 3 aliphatic rings. The number of phenols is 1. The Morgan fingerprint density at radius 2 is 1.95 bits per heavy atom. The van der Waals surface area contributed by atoms with E-state index in [0.29, 0.717) is 18.2 Å². The Hall–Kier alpha value is -5.14. The Balaban J connectivity index is 1.35. The second-order valence-corrected chi connectivity index (χ2v) is 14.7. The lowest BCUT2D eigenvalue weighted by molar-refractivity contribution is -0.241. The summed E-state index contributed by atoms with van der Waals surface area (Å²) >= 11 is 0. The Morgan fingerprint density at radius 1 is 1.21 bits per heavy atom. The van der Waals surface area contributed by atoms with Gasteiger partial charge in [0.25, 0.3) is 0 Å². The van der Waals surface area contributed by atoms with E-state index >= 15 is 22.0 Å². The van der Waals surface area contributed by atoms with Gasteiger partial charge in [0.2, 0.25) is 5.91 Å². The van der Waals surface area contributed by atoms with Crippen molar-refractivity contribution in [3.05, 3.63) is 60.3 Å². The van der Waals surface area contributed by atoms with Crippen molar-refractivity contribution < 1.29 is 45.7 Å². The summed E-state index contributed by atoms with van der Waals surface area (Å²) in [5.41, 5.74) is -4.56. The average Bonchev–Trinajstić information content (AvgIpc) is 3.81. The van der Waals surface area contributed by atoms with Gasteiger partial charge in [0, 0.05) is 63.0 Å². The van der Waals surface area contributed by atoms with Crippen LogP contribution in [0.25, 0.3) is 32.9 Å². The lowest BCUT2D eigenvalue weighted by Crippen LogP contribution is -2.62. The average molecular weight is 783 g/mol. The number of benzene rings is 2. The molecule has 4 aromatic rings. The normalized spacial score (nSPS) is 21.6. The number of nitrogens with zero attached hydrogens (tertiary/aromatic N) is 5. The number of phenolic OH excluding ortho intramolecular Hbond substituents is 1. The van der Waals surface area contributed by atoms with Crippen molar-refractivity contribution in [2.24, 2.45) is 0 Å². The number of amides is 1. The molecule has 2 saturated heterocycles. The molecule has 3 fully saturated rings. The van der Waals surface area contributed by atoms with Crippen LogP contribution in [0.2, 0.25) is 0 Å². The van der Waals surface area contributed by atoms with Crippen molar-refractivity contribution in [3.8, 4) is 35.4 Å². The number of likely N-dealkylation sites (tertiary alicyclic amines) is 1. The number of terminal acetylenes is 1. The summed E-state index contributed by atoms with van der Waals surface area (Å²) in [6.45, 7) is 2.60. The molecule has 1 saturated carbocycles. The molecule has 7 rings (SSSR count). The predicted molar refractivity (Wildman–Crippen MR) is 197 cm³/mol. The first-order chi connectivity index (χ1) is 26.7. The van der Waals surface area contributed by atoms with Gasteiger partial charge in [-0.3, -0.25) is 14.7 Å². The molecule has 0 spiro atoms. The van der Waals surface area contributed by atoms with Crippen LogP contribution in [0.4, 0.5) is 32.2 Å². The quantitative estimate of drug-likeness (QED) is 0.0991. The van der Waals surface area contributed by atoms with E-state index in [0.717, 1.165) is 23.8 Å². The van der Waals surface area contributed by atoms with E-state index in [-0.39, 0.29) is 72.0 Å². The van der Waals surface area contributed by atoms with Crippen molar-refractivity contribution in [3.63, 3.8) is 0 Å². The molecule has 0 radical (unpaired) electrons. The number of aromatic nitrogens is 3. The number of ether oxygens (including phenoxy) is 2. The monoisotopic (exact) mass is 782 g/mol. The van der Waals surface area contributed by atoms with Crippen LogP contribution in [0.1, 0.15) is 50.5 Å². The number of halogens is 6. The lowest BCUT2D eigenvalue weighted by Gasteiger charge is -2.44. The molecule has 2 N–H and O–H groups in total. The minimum absolute atomic E-state index is 0.0105. The number of pyridine rings is 1. The number of fused-ring (bicyclic) bond motifs is 2. The highest BCUT2D eigenvalue weighted by molar-refractivity contribution is 6.03. The van der Waals surface area contributed by atoms with Gasteiger partial charge in [0.15, 0.2) is 11.4 Å². The molecule has 1 aliphatic carbocycles. The van der Waals surface area contributed by atoms with E-state index in [4.69, 9.17) is 15.9 Å². The minimum Gasteiger partial charge on any atom is -0.508 e. The van der Waals surface area contributed by atoms with E-state index in [1.54, 1.807) is 11.9 Å². The van der Waals surface area contributed by atoms with E-state index in [1.165, 1.54) is 30.5 Å². The van der Waals surface area contributed by atoms with Gasteiger partial charge in [-0.05, 0) is 55.3 Å². The molecule has 0 bridgehead atoms. The fourth-order valence-electron chi connectivity index (χ4n) is 8.58. The Labute approximate surface area is 318 Å². The van der Waals surface area contributed by atoms with Crippen molar-refractivity contribution >= 4 is 33.4 Å². The van der Waals surface area contributed by atoms with Crippen LogP contribution in [-0.4, -0.2) is 105 Å². The van der Waals surface area contributed by atoms with Crippen LogP contribution in [0, 0.1) is 24.0 Å². The maximum atomic E-state index is 17.0. The molecule has 56 heavy (non-hydrogen) atoms.